The molecule has 3 rings (SSSR count). The molecule has 0 saturated carbocycles. The van der Waals surface area contributed by atoms with Crippen molar-refractivity contribution in [2.75, 3.05) is 45.8 Å². The van der Waals surface area contributed by atoms with Crippen molar-refractivity contribution < 1.29 is 27.4 Å². The molecule has 1 saturated heterocycles. The van der Waals surface area contributed by atoms with Crippen LogP contribution >= 0.6 is 0 Å². The van der Waals surface area contributed by atoms with E-state index in [1.165, 1.54) is 6.26 Å². The van der Waals surface area contributed by atoms with Crippen molar-refractivity contribution in [1.82, 2.24) is 19.9 Å². The number of ether oxygens (including phenoxy) is 4. The summed E-state index contributed by atoms with van der Waals surface area (Å²) >= 11 is 0. The molecular formula is C22H28N4O6S. The van der Waals surface area contributed by atoms with E-state index in [1.807, 2.05) is 12.1 Å². The van der Waals surface area contributed by atoms with Crippen molar-refractivity contribution in [3.8, 4) is 18.0 Å². The summed E-state index contributed by atoms with van der Waals surface area (Å²) in [6.07, 6.45) is 4.16. The van der Waals surface area contributed by atoms with Crippen molar-refractivity contribution in [1.29, 1.82) is 0 Å². The zero-order valence-corrected chi connectivity index (χ0v) is 19.4. The van der Waals surface area contributed by atoms with Gasteiger partial charge in [-0.15, -0.1) is 15.0 Å². The standard InChI is InChI=1S/C22H28N4O6S/c1-4-11-30-20-23-21(31-12-5-2)25-22(24-20)32-16-18-15-26(10-13-29-18)14-17-6-8-19(9-7-17)33(3,27)28/h4-9,18H,1-2,10-16H2,3H3. The first-order valence-electron chi connectivity index (χ1n) is 10.4. The molecule has 2 aromatic rings. The Kier molecular flexibility index (Phi) is 8.75. The summed E-state index contributed by atoms with van der Waals surface area (Å²) < 4.78 is 45.6. The minimum atomic E-state index is -3.21. The molecule has 1 aromatic heterocycles. The normalized spacial score (nSPS) is 16.7. The van der Waals surface area contributed by atoms with Gasteiger partial charge in [0.25, 0.3) is 0 Å². The Hall–Kier alpha value is -3.02. The van der Waals surface area contributed by atoms with E-state index in [-0.39, 0.29) is 44.0 Å². The van der Waals surface area contributed by atoms with Crippen LogP contribution in [0, 0.1) is 0 Å². The Morgan fingerprint density at radius 2 is 1.61 bits per heavy atom. The molecule has 11 heteroatoms. The number of sulfone groups is 1. The first-order valence-corrected chi connectivity index (χ1v) is 12.3. The summed E-state index contributed by atoms with van der Waals surface area (Å²) in [5.41, 5.74) is 1.02. The van der Waals surface area contributed by atoms with E-state index in [0.717, 1.165) is 12.1 Å². The quantitative estimate of drug-likeness (QED) is 0.419. The van der Waals surface area contributed by atoms with E-state index in [2.05, 4.69) is 33.0 Å². The Morgan fingerprint density at radius 1 is 1.03 bits per heavy atom. The summed E-state index contributed by atoms with van der Waals surface area (Å²) in [6, 6.07) is 7.13. The van der Waals surface area contributed by atoms with Crippen molar-refractivity contribution >= 4 is 9.84 Å². The number of nitrogens with zero attached hydrogens (tertiary/aromatic N) is 4. The lowest BCUT2D eigenvalue weighted by molar-refractivity contribution is -0.0518. The zero-order valence-electron chi connectivity index (χ0n) is 18.6. The van der Waals surface area contributed by atoms with Crippen molar-refractivity contribution in [3.05, 3.63) is 55.1 Å². The largest absolute Gasteiger partial charge is 0.460 e. The Balaban J connectivity index is 1.57. The minimum absolute atomic E-state index is 0.0696. The molecule has 1 fully saturated rings. The molecule has 33 heavy (non-hydrogen) atoms. The number of rotatable bonds is 12. The molecule has 1 unspecified atom stereocenters. The highest BCUT2D eigenvalue weighted by Gasteiger charge is 2.22. The summed E-state index contributed by atoms with van der Waals surface area (Å²) in [4.78, 5) is 14.9. The van der Waals surface area contributed by atoms with Crippen LogP contribution in [0.3, 0.4) is 0 Å². The second kappa shape index (κ2) is 11.7. The maximum absolute atomic E-state index is 11.6. The molecule has 0 amide bonds. The Labute approximate surface area is 193 Å². The minimum Gasteiger partial charge on any atom is -0.460 e. The van der Waals surface area contributed by atoms with Crippen molar-refractivity contribution in [2.45, 2.75) is 17.5 Å². The van der Waals surface area contributed by atoms with Crippen LogP contribution in [0.4, 0.5) is 0 Å². The number of benzene rings is 1. The van der Waals surface area contributed by atoms with Gasteiger partial charge in [-0.3, -0.25) is 4.90 Å². The smallest absolute Gasteiger partial charge is 0.326 e. The zero-order chi connectivity index (χ0) is 23.7. The molecule has 10 nitrogen and oxygen atoms in total. The maximum Gasteiger partial charge on any atom is 0.326 e. The average Bonchev–Trinajstić information content (AvgIpc) is 2.80. The van der Waals surface area contributed by atoms with Crippen LogP contribution in [0.15, 0.2) is 54.5 Å². The Bertz CT molecular complexity index is 1020. The molecule has 0 N–H and O–H groups in total. The fourth-order valence-corrected chi connectivity index (χ4v) is 3.70. The first-order chi connectivity index (χ1) is 15.9. The highest BCUT2D eigenvalue weighted by atomic mass is 32.2. The lowest BCUT2D eigenvalue weighted by Gasteiger charge is -2.32. The van der Waals surface area contributed by atoms with Crippen LogP contribution in [0.25, 0.3) is 0 Å². The fraction of sp³-hybridized carbons (Fsp3) is 0.409. The molecule has 1 atom stereocenters. The second-order valence-electron chi connectivity index (χ2n) is 7.34. The van der Waals surface area contributed by atoms with E-state index < -0.39 is 9.84 Å². The topological polar surface area (TPSA) is 113 Å². The molecule has 178 valence electrons. The van der Waals surface area contributed by atoms with E-state index in [4.69, 9.17) is 18.9 Å². The SMILES string of the molecule is C=CCOc1nc(OCC=C)nc(OCC2CN(Cc3ccc(S(C)(=O)=O)cc3)CCO2)n1. The lowest BCUT2D eigenvalue weighted by Crippen LogP contribution is -2.44. The fourth-order valence-electron chi connectivity index (χ4n) is 3.07. The summed E-state index contributed by atoms with van der Waals surface area (Å²) in [5.74, 6) is 0. The third kappa shape index (κ3) is 7.81. The van der Waals surface area contributed by atoms with Gasteiger partial charge in [0.05, 0.1) is 11.5 Å². The number of hydrogen-bond acceptors (Lipinski definition) is 10. The van der Waals surface area contributed by atoms with Gasteiger partial charge in [0, 0.05) is 25.9 Å². The second-order valence-corrected chi connectivity index (χ2v) is 9.35. The van der Waals surface area contributed by atoms with Crippen LogP contribution in [0.5, 0.6) is 18.0 Å². The summed E-state index contributed by atoms with van der Waals surface area (Å²) in [6.45, 7) is 10.5. The van der Waals surface area contributed by atoms with Gasteiger partial charge in [-0.1, -0.05) is 37.4 Å². The van der Waals surface area contributed by atoms with Gasteiger partial charge in [0.15, 0.2) is 9.84 Å². The lowest BCUT2D eigenvalue weighted by atomic mass is 10.2. The molecule has 2 heterocycles. The molecule has 1 aromatic carbocycles. The van der Waals surface area contributed by atoms with Gasteiger partial charge in [-0.05, 0) is 17.7 Å². The highest BCUT2D eigenvalue weighted by Crippen LogP contribution is 2.17. The first kappa shape index (κ1) is 24.6. The van der Waals surface area contributed by atoms with E-state index in [9.17, 15) is 8.42 Å². The summed E-state index contributed by atoms with van der Waals surface area (Å²) in [7, 11) is -3.21. The van der Waals surface area contributed by atoms with E-state index in [0.29, 0.717) is 24.6 Å². The number of aromatic nitrogens is 3. The van der Waals surface area contributed by atoms with Gasteiger partial charge in [0.2, 0.25) is 0 Å². The summed E-state index contributed by atoms with van der Waals surface area (Å²) in [5, 5.41) is 0. The molecule has 0 bridgehead atoms. The predicted octanol–water partition coefficient (Wildman–Crippen LogP) is 1.68. The van der Waals surface area contributed by atoms with Gasteiger partial charge in [0.1, 0.15) is 25.9 Å². The maximum atomic E-state index is 11.6. The van der Waals surface area contributed by atoms with Crippen molar-refractivity contribution in [2.24, 2.45) is 0 Å². The van der Waals surface area contributed by atoms with Gasteiger partial charge < -0.3 is 18.9 Å². The van der Waals surface area contributed by atoms with Crippen LogP contribution in [0.2, 0.25) is 0 Å². The number of morpholine rings is 1. The van der Waals surface area contributed by atoms with Crippen LogP contribution in [-0.4, -0.2) is 80.1 Å². The van der Waals surface area contributed by atoms with Crippen LogP contribution < -0.4 is 14.2 Å². The molecular weight excluding hydrogens is 448 g/mol. The Morgan fingerprint density at radius 3 is 2.15 bits per heavy atom. The van der Waals surface area contributed by atoms with E-state index >= 15 is 0 Å². The molecule has 0 spiro atoms. The molecule has 1 aliphatic rings. The van der Waals surface area contributed by atoms with Gasteiger partial charge >= 0.3 is 18.0 Å². The van der Waals surface area contributed by atoms with E-state index in [1.54, 1.807) is 24.3 Å². The van der Waals surface area contributed by atoms with Gasteiger partial charge in [-0.25, -0.2) is 8.42 Å². The van der Waals surface area contributed by atoms with Crippen LogP contribution in [0.1, 0.15) is 5.56 Å². The average molecular weight is 477 g/mol. The van der Waals surface area contributed by atoms with Gasteiger partial charge in [-0.2, -0.15) is 0 Å². The van der Waals surface area contributed by atoms with Crippen LogP contribution in [-0.2, 0) is 21.1 Å². The molecule has 0 radical (unpaired) electrons. The molecule has 1 aliphatic heterocycles. The third-order valence-electron chi connectivity index (χ3n) is 4.61. The predicted molar refractivity (Wildman–Crippen MR) is 121 cm³/mol. The van der Waals surface area contributed by atoms with Crippen molar-refractivity contribution in [3.63, 3.8) is 0 Å². The monoisotopic (exact) mass is 476 g/mol. The highest BCUT2D eigenvalue weighted by molar-refractivity contribution is 7.90. The number of hydrogen-bond donors (Lipinski definition) is 0. The third-order valence-corrected chi connectivity index (χ3v) is 5.74. The molecule has 0 aliphatic carbocycles.